The van der Waals surface area contributed by atoms with E-state index in [0.717, 1.165) is 4.90 Å². The molecule has 1 aliphatic heterocycles. The number of hydrogen-bond acceptors (Lipinski definition) is 5. The van der Waals surface area contributed by atoms with Crippen molar-refractivity contribution in [2.75, 3.05) is 15.5 Å². The molecule has 0 saturated heterocycles. The molecule has 39 heavy (non-hydrogen) atoms. The van der Waals surface area contributed by atoms with Crippen molar-refractivity contribution >= 4 is 58.0 Å². The number of anilines is 3. The van der Waals surface area contributed by atoms with Crippen LogP contribution in [-0.2, 0) is 16.6 Å². The van der Waals surface area contributed by atoms with Crippen LogP contribution in [0.1, 0.15) is 16.1 Å². The molecule has 3 amide bonds. The fraction of sp³-hybridized carbons (Fsp3) is 0.0714. The number of carbonyl (C=O) groups is 3. The molecule has 0 unspecified atom stereocenters. The molecule has 11 heteroatoms. The van der Waals surface area contributed by atoms with Crippen LogP contribution in [0.15, 0.2) is 94.4 Å². The zero-order valence-electron chi connectivity index (χ0n) is 20.7. The maximum atomic E-state index is 13.2. The maximum absolute atomic E-state index is 13.2. The molecule has 1 aliphatic rings. The van der Waals surface area contributed by atoms with Crippen LogP contribution in [0.4, 0.5) is 17.1 Å². The molecule has 1 aromatic heterocycles. The first-order valence-electron chi connectivity index (χ1n) is 11.7. The summed E-state index contributed by atoms with van der Waals surface area (Å²) >= 11 is 12.4. The number of imide groups is 1. The maximum Gasteiger partial charge on any atom is 0.295 e. The van der Waals surface area contributed by atoms with Gasteiger partial charge >= 0.3 is 0 Å². The molecule has 0 saturated carbocycles. The number of para-hydroxylation sites is 2. The third-order valence-corrected chi connectivity index (χ3v) is 6.98. The summed E-state index contributed by atoms with van der Waals surface area (Å²) in [5.74, 6) is -1.94. The number of hydrogen-bond donors (Lipinski definition) is 2. The summed E-state index contributed by atoms with van der Waals surface area (Å²) in [5.41, 5.74) is 1.60. The van der Waals surface area contributed by atoms with Gasteiger partial charge in [0.05, 0.1) is 22.1 Å². The molecule has 0 fully saturated rings. The van der Waals surface area contributed by atoms with Crippen molar-refractivity contribution in [3.8, 4) is 5.69 Å². The van der Waals surface area contributed by atoms with E-state index in [1.807, 2.05) is 18.2 Å². The lowest BCUT2D eigenvalue weighted by Crippen LogP contribution is -2.32. The van der Waals surface area contributed by atoms with Gasteiger partial charge in [-0.15, -0.1) is 0 Å². The van der Waals surface area contributed by atoms with E-state index >= 15 is 0 Å². The van der Waals surface area contributed by atoms with Crippen LogP contribution in [0.3, 0.4) is 0 Å². The fourth-order valence-corrected chi connectivity index (χ4v) is 4.68. The van der Waals surface area contributed by atoms with Crippen LogP contribution < -0.4 is 21.1 Å². The van der Waals surface area contributed by atoms with E-state index in [9.17, 15) is 19.2 Å². The largest absolute Gasteiger partial charge is 0.350 e. The third-order valence-electron chi connectivity index (χ3n) is 6.31. The van der Waals surface area contributed by atoms with Crippen molar-refractivity contribution < 1.29 is 14.4 Å². The first-order chi connectivity index (χ1) is 18.7. The zero-order valence-corrected chi connectivity index (χ0v) is 22.2. The Morgan fingerprint density at radius 3 is 2.26 bits per heavy atom. The van der Waals surface area contributed by atoms with E-state index in [-0.39, 0.29) is 38.2 Å². The number of carbonyl (C=O) groups excluding carboxylic acids is 3. The highest BCUT2D eigenvalue weighted by atomic mass is 35.5. The number of nitrogens with one attached hydrogen (secondary N) is 2. The molecule has 3 aromatic carbocycles. The summed E-state index contributed by atoms with van der Waals surface area (Å²) in [6, 6.07) is 21.7. The van der Waals surface area contributed by atoms with Gasteiger partial charge in [0.2, 0.25) is 0 Å². The monoisotopic (exact) mass is 561 g/mol. The Bertz CT molecular complexity index is 1740. The predicted octanol–water partition coefficient (Wildman–Crippen LogP) is 4.83. The SMILES string of the molecule is Cc1c(NC(=O)c2cccc(NC3=C(Cl)C(=O)N(c4ccccc4Cl)C3=O)c2)c(=O)n(-c2ccccc2)n1C. The second-order valence-electron chi connectivity index (χ2n) is 8.68. The molecule has 2 N–H and O–H groups in total. The predicted molar refractivity (Wildman–Crippen MR) is 151 cm³/mol. The molecule has 9 nitrogen and oxygen atoms in total. The van der Waals surface area contributed by atoms with Gasteiger partial charge in [-0.1, -0.05) is 59.6 Å². The third kappa shape index (κ3) is 4.62. The molecule has 2 heterocycles. The normalized spacial score (nSPS) is 13.3. The van der Waals surface area contributed by atoms with E-state index in [2.05, 4.69) is 10.6 Å². The number of aromatic nitrogens is 2. The molecule has 5 rings (SSSR count). The molecular formula is C28H21Cl2N5O4. The topological polar surface area (TPSA) is 105 Å². The highest BCUT2D eigenvalue weighted by Crippen LogP contribution is 2.34. The average molecular weight is 562 g/mol. The molecule has 0 aliphatic carbocycles. The van der Waals surface area contributed by atoms with E-state index in [4.69, 9.17) is 23.2 Å². The Kier molecular flexibility index (Phi) is 6.86. The molecular weight excluding hydrogens is 541 g/mol. The lowest BCUT2D eigenvalue weighted by atomic mass is 10.1. The molecule has 0 radical (unpaired) electrons. The summed E-state index contributed by atoms with van der Waals surface area (Å²) in [7, 11) is 1.73. The number of halogens is 2. The van der Waals surface area contributed by atoms with Crippen molar-refractivity contribution in [2.45, 2.75) is 6.92 Å². The van der Waals surface area contributed by atoms with Gasteiger partial charge in [0.15, 0.2) is 0 Å². The Morgan fingerprint density at radius 1 is 0.846 bits per heavy atom. The minimum absolute atomic E-state index is 0.141. The zero-order chi connectivity index (χ0) is 27.8. The Labute approximate surface area is 232 Å². The van der Waals surface area contributed by atoms with Crippen LogP contribution in [-0.4, -0.2) is 27.1 Å². The van der Waals surface area contributed by atoms with Crippen LogP contribution in [0.5, 0.6) is 0 Å². The highest BCUT2D eigenvalue weighted by molar-refractivity contribution is 6.53. The minimum Gasteiger partial charge on any atom is -0.350 e. The van der Waals surface area contributed by atoms with Crippen LogP contribution in [0.25, 0.3) is 5.69 Å². The van der Waals surface area contributed by atoms with Crippen LogP contribution >= 0.6 is 23.2 Å². The van der Waals surface area contributed by atoms with Gasteiger partial charge in [0.25, 0.3) is 23.3 Å². The number of rotatable bonds is 6. The average Bonchev–Trinajstić information content (AvgIpc) is 3.27. The van der Waals surface area contributed by atoms with E-state index in [1.54, 1.807) is 67.2 Å². The van der Waals surface area contributed by atoms with Crippen molar-refractivity contribution in [2.24, 2.45) is 7.05 Å². The van der Waals surface area contributed by atoms with Crippen molar-refractivity contribution in [3.05, 3.63) is 116 Å². The fourth-order valence-electron chi connectivity index (χ4n) is 4.24. The Morgan fingerprint density at radius 2 is 1.54 bits per heavy atom. The molecule has 0 atom stereocenters. The van der Waals surface area contributed by atoms with Gasteiger partial charge in [0, 0.05) is 18.3 Å². The lowest BCUT2D eigenvalue weighted by molar-refractivity contribution is -0.120. The van der Waals surface area contributed by atoms with Crippen molar-refractivity contribution in [1.29, 1.82) is 0 Å². The van der Waals surface area contributed by atoms with Crippen LogP contribution in [0.2, 0.25) is 5.02 Å². The molecule has 4 aromatic rings. The Hall–Kier alpha value is -4.60. The number of benzene rings is 3. The van der Waals surface area contributed by atoms with E-state index in [1.165, 1.54) is 16.8 Å². The number of amides is 3. The summed E-state index contributed by atoms with van der Waals surface area (Å²) in [6.07, 6.45) is 0. The quantitative estimate of drug-likeness (QED) is 0.328. The van der Waals surface area contributed by atoms with Gasteiger partial charge in [-0.25, -0.2) is 9.58 Å². The minimum atomic E-state index is -0.722. The first-order valence-corrected chi connectivity index (χ1v) is 12.5. The van der Waals surface area contributed by atoms with Gasteiger partial charge in [-0.05, 0) is 49.4 Å². The standard InChI is InChI=1S/C28H21Cl2N5O4/c1-16-23(28(39)35(33(16)2)19-11-4-3-5-12-19)32-25(36)17-9-8-10-18(15-17)31-24-22(30)26(37)34(27(24)38)21-14-7-6-13-20(21)29/h3-15,31H,1-2H3,(H,32,36). The second kappa shape index (κ2) is 10.3. The summed E-state index contributed by atoms with van der Waals surface area (Å²) in [6.45, 7) is 1.73. The lowest BCUT2D eigenvalue weighted by Gasteiger charge is -2.16. The van der Waals surface area contributed by atoms with Crippen molar-refractivity contribution in [1.82, 2.24) is 9.36 Å². The van der Waals surface area contributed by atoms with Gasteiger partial charge < -0.3 is 10.6 Å². The molecule has 196 valence electrons. The molecule has 0 bridgehead atoms. The van der Waals surface area contributed by atoms with E-state index < -0.39 is 17.7 Å². The smallest absolute Gasteiger partial charge is 0.295 e. The molecule has 0 spiro atoms. The second-order valence-corrected chi connectivity index (χ2v) is 9.47. The van der Waals surface area contributed by atoms with E-state index in [0.29, 0.717) is 17.1 Å². The van der Waals surface area contributed by atoms with Gasteiger partial charge in [-0.2, -0.15) is 0 Å². The van der Waals surface area contributed by atoms with Gasteiger partial charge in [0.1, 0.15) is 16.4 Å². The Balaban J connectivity index is 1.39. The first kappa shape index (κ1) is 26.0. The van der Waals surface area contributed by atoms with Gasteiger partial charge in [-0.3, -0.25) is 23.9 Å². The summed E-state index contributed by atoms with van der Waals surface area (Å²) in [5, 5.41) is 5.46. The highest BCUT2D eigenvalue weighted by Gasteiger charge is 2.39. The summed E-state index contributed by atoms with van der Waals surface area (Å²) in [4.78, 5) is 53.0. The summed E-state index contributed by atoms with van der Waals surface area (Å²) < 4.78 is 3.12. The van der Waals surface area contributed by atoms with Crippen LogP contribution in [0, 0.1) is 6.92 Å². The van der Waals surface area contributed by atoms with Crippen molar-refractivity contribution in [3.63, 3.8) is 0 Å². The number of nitrogens with zero attached hydrogens (tertiary/aromatic N) is 3.